The highest BCUT2D eigenvalue weighted by atomic mass is 16.6. The highest BCUT2D eigenvalue weighted by Crippen LogP contribution is 2.50. The average Bonchev–Trinajstić information content (AvgIpc) is 2.51. The molecule has 1 aliphatic heterocycles. The molecule has 4 fully saturated rings. The Morgan fingerprint density at radius 2 is 1.76 bits per heavy atom. The molecule has 1 saturated heterocycles. The van der Waals surface area contributed by atoms with Gasteiger partial charge in [0.05, 0.1) is 11.8 Å². The SMILES string of the molecule is CC1CC2C(=O)OC(=O)C2C2CCC1CC2C. The first-order valence-electron chi connectivity index (χ1n) is 6.83. The van der Waals surface area contributed by atoms with E-state index >= 15 is 0 Å². The van der Waals surface area contributed by atoms with E-state index in [4.69, 9.17) is 4.74 Å². The summed E-state index contributed by atoms with van der Waals surface area (Å²) in [5.41, 5.74) is 0. The van der Waals surface area contributed by atoms with Crippen LogP contribution in [0.4, 0.5) is 0 Å². The largest absolute Gasteiger partial charge is 0.393 e. The van der Waals surface area contributed by atoms with Crippen LogP contribution in [0.1, 0.15) is 39.5 Å². The number of carbonyl (C=O) groups is 2. The number of hydrogen-bond donors (Lipinski definition) is 0. The van der Waals surface area contributed by atoms with Crippen LogP contribution in [0.3, 0.4) is 0 Å². The molecule has 3 nitrogen and oxygen atoms in total. The van der Waals surface area contributed by atoms with E-state index in [0.717, 1.165) is 18.8 Å². The van der Waals surface area contributed by atoms with Gasteiger partial charge in [0.25, 0.3) is 0 Å². The molecule has 1 heterocycles. The Bertz CT molecular complexity index is 362. The Hall–Kier alpha value is -0.860. The van der Waals surface area contributed by atoms with Crippen molar-refractivity contribution >= 4 is 11.9 Å². The van der Waals surface area contributed by atoms with Gasteiger partial charge in [0.1, 0.15) is 0 Å². The van der Waals surface area contributed by atoms with Gasteiger partial charge >= 0.3 is 11.9 Å². The van der Waals surface area contributed by atoms with Gasteiger partial charge in [-0.05, 0) is 49.4 Å². The first kappa shape index (κ1) is 11.2. The van der Waals surface area contributed by atoms with E-state index in [-0.39, 0.29) is 23.8 Å². The van der Waals surface area contributed by atoms with E-state index in [2.05, 4.69) is 13.8 Å². The van der Waals surface area contributed by atoms with Crippen molar-refractivity contribution in [1.82, 2.24) is 0 Å². The lowest BCUT2D eigenvalue weighted by atomic mass is 9.60. The Morgan fingerprint density at radius 3 is 2.47 bits per heavy atom. The normalized spacial score (nSPS) is 49.5. The minimum atomic E-state index is -0.258. The zero-order valence-electron chi connectivity index (χ0n) is 10.5. The summed E-state index contributed by atoms with van der Waals surface area (Å²) >= 11 is 0. The number of fused-ring (bicyclic) bond motifs is 3. The predicted molar refractivity (Wildman–Crippen MR) is 61.9 cm³/mol. The fraction of sp³-hybridized carbons (Fsp3) is 0.857. The van der Waals surface area contributed by atoms with Gasteiger partial charge in [-0.1, -0.05) is 13.8 Å². The minimum absolute atomic E-state index is 0.138. The van der Waals surface area contributed by atoms with E-state index in [1.165, 1.54) is 12.8 Å². The van der Waals surface area contributed by atoms with Gasteiger partial charge in [-0.15, -0.1) is 0 Å². The monoisotopic (exact) mass is 236 g/mol. The summed E-state index contributed by atoms with van der Waals surface area (Å²) in [5.74, 6) is 1.44. The number of carbonyl (C=O) groups excluding carboxylic acids is 2. The molecule has 4 rings (SSSR count). The molecular formula is C14H20O3. The van der Waals surface area contributed by atoms with Gasteiger partial charge in [0, 0.05) is 0 Å². The average molecular weight is 236 g/mol. The molecule has 0 N–H and O–H groups in total. The summed E-state index contributed by atoms with van der Waals surface area (Å²) in [5, 5.41) is 0. The lowest BCUT2D eigenvalue weighted by molar-refractivity contribution is -0.154. The van der Waals surface area contributed by atoms with Crippen LogP contribution in [-0.4, -0.2) is 11.9 Å². The van der Waals surface area contributed by atoms with E-state index < -0.39 is 0 Å². The van der Waals surface area contributed by atoms with Crippen LogP contribution in [0.5, 0.6) is 0 Å². The Balaban J connectivity index is 1.97. The van der Waals surface area contributed by atoms with E-state index in [1.807, 2.05) is 0 Å². The fourth-order valence-corrected chi connectivity index (χ4v) is 4.37. The molecule has 6 unspecified atom stereocenters. The van der Waals surface area contributed by atoms with Crippen LogP contribution in [0.15, 0.2) is 0 Å². The standard InChI is InChI=1S/C14H20O3/c1-7-6-11-12(14(16)17-13(11)15)10-4-3-9(7)5-8(10)2/h7-12H,3-6H2,1-2H3. The van der Waals surface area contributed by atoms with Crippen LogP contribution >= 0.6 is 0 Å². The first-order chi connectivity index (χ1) is 8.08. The molecule has 0 aromatic carbocycles. The first-order valence-corrected chi connectivity index (χ1v) is 6.83. The summed E-state index contributed by atoms with van der Waals surface area (Å²) in [6, 6.07) is 0. The molecule has 3 heteroatoms. The third-order valence-electron chi connectivity index (χ3n) is 5.38. The van der Waals surface area contributed by atoms with Crippen LogP contribution in [0, 0.1) is 35.5 Å². The van der Waals surface area contributed by atoms with Crippen molar-refractivity contribution in [3.63, 3.8) is 0 Å². The molecule has 2 bridgehead atoms. The highest BCUT2D eigenvalue weighted by Gasteiger charge is 2.53. The quantitative estimate of drug-likeness (QED) is 0.479. The van der Waals surface area contributed by atoms with Crippen molar-refractivity contribution in [2.75, 3.05) is 0 Å². The molecule has 3 saturated carbocycles. The van der Waals surface area contributed by atoms with Gasteiger partial charge in [-0.3, -0.25) is 9.59 Å². The van der Waals surface area contributed by atoms with Crippen molar-refractivity contribution in [3.8, 4) is 0 Å². The van der Waals surface area contributed by atoms with Crippen molar-refractivity contribution in [3.05, 3.63) is 0 Å². The second-order valence-electron chi connectivity index (χ2n) is 6.30. The van der Waals surface area contributed by atoms with Crippen molar-refractivity contribution in [2.45, 2.75) is 39.5 Å². The summed E-state index contributed by atoms with van der Waals surface area (Å²) < 4.78 is 4.89. The molecule has 0 radical (unpaired) electrons. The van der Waals surface area contributed by atoms with E-state index in [9.17, 15) is 9.59 Å². The molecular weight excluding hydrogens is 216 g/mol. The third kappa shape index (κ3) is 1.62. The zero-order chi connectivity index (χ0) is 12.2. The summed E-state index contributed by atoms with van der Waals surface area (Å²) in [7, 11) is 0. The van der Waals surface area contributed by atoms with Gasteiger partial charge in [-0.25, -0.2) is 0 Å². The Kier molecular flexibility index (Phi) is 2.53. The number of esters is 2. The van der Waals surface area contributed by atoms with Gasteiger partial charge in [-0.2, -0.15) is 0 Å². The van der Waals surface area contributed by atoms with Crippen LogP contribution in [0.25, 0.3) is 0 Å². The fourth-order valence-electron chi connectivity index (χ4n) is 4.37. The number of ether oxygens (including phenoxy) is 1. The number of hydrogen-bond acceptors (Lipinski definition) is 3. The molecule has 4 aliphatic rings. The van der Waals surface area contributed by atoms with Crippen LogP contribution in [-0.2, 0) is 14.3 Å². The van der Waals surface area contributed by atoms with Crippen molar-refractivity contribution in [1.29, 1.82) is 0 Å². The maximum atomic E-state index is 11.9. The predicted octanol–water partition coefficient (Wildman–Crippen LogP) is 2.39. The van der Waals surface area contributed by atoms with Crippen molar-refractivity contribution < 1.29 is 14.3 Å². The van der Waals surface area contributed by atoms with Crippen molar-refractivity contribution in [2.24, 2.45) is 35.5 Å². The summed E-state index contributed by atoms with van der Waals surface area (Å²) in [6.07, 6.45) is 4.39. The highest BCUT2D eigenvalue weighted by molar-refractivity contribution is 5.96. The molecule has 0 aromatic heterocycles. The van der Waals surface area contributed by atoms with Gasteiger partial charge in [0.2, 0.25) is 0 Å². The molecule has 3 aliphatic carbocycles. The topological polar surface area (TPSA) is 43.4 Å². The molecule has 0 aromatic rings. The lowest BCUT2D eigenvalue weighted by Gasteiger charge is -2.43. The maximum absolute atomic E-state index is 11.9. The van der Waals surface area contributed by atoms with E-state index in [1.54, 1.807) is 0 Å². The second kappa shape index (κ2) is 3.82. The van der Waals surface area contributed by atoms with Gasteiger partial charge < -0.3 is 4.74 Å². The molecule has 17 heavy (non-hydrogen) atoms. The lowest BCUT2D eigenvalue weighted by Crippen LogP contribution is -2.40. The number of rotatable bonds is 0. The number of cyclic esters (lactones) is 2. The molecule has 0 amide bonds. The summed E-state index contributed by atoms with van der Waals surface area (Å²) in [4.78, 5) is 23.6. The summed E-state index contributed by atoms with van der Waals surface area (Å²) in [6.45, 7) is 4.47. The third-order valence-corrected chi connectivity index (χ3v) is 5.38. The molecule has 94 valence electrons. The second-order valence-corrected chi connectivity index (χ2v) is 6.30. The van der Waals surface area contributed by atoms with Crippen LogP contribution in [0.2, 0.25) is 0 Å². The van der Waals surface area contributed by atoms with Crippen LogP contribution < -0.4 is 0 Å². The Labute approximate surface area is 102 Å². The van der Waals surface area contributed by atoms with Gasteiger partial charge in [0.15, 0.2) is 0 Å². The Morgan fingerprint density at radius 1 is 1.00 bits per heavy atom. The minimum Gasteiger partial charge on any atom is -0.393 e. The zero-order valence-corrected chi connectivity index (χ0v) is 10.5. The molecule has 0 spiro atoms. The smallest absolute Gasteiger partial charge is 0.317 e. The molecule has 6 atom stereocenters. The van der Waals surface area contributed by atoms with E-state index in [0.29, 0.717) is 17.8 Å². The maximum Gasteiger partial charge on any atom is 0.317 e.